The van der Waals surface area contributed by atoms with E-state index in [2.05, 4.69) is 0 Å². The molecular formula is C19H21NO4. The van der Waals surface area contributed by atoms with Gasteiger partial charge in [-0.1, -0.05) is 42.5 Å². The SMILES string of the molecule is CC(C)OC(=O)[C@@H]1[C@H]2C(=O)N(Cc3ccccc3)C[C@]23C=C[C@H]1O3. The van der Waals surface area contributed by atoms with E-state index in [0.29, 0.717) is 13.1 Å². The molecule has 0 aromatic heterocycles. The molecular weight excluding hydrogens is 306 g/mol. The average molecular weight is 327 g/mol. The number of ether oxygens (including phenoxy) is 2. The second kappa shape index (κ2) is 5.45. The van der Waals surface area contributed by atoms with Crippen LogP contribution in [0.15, 0.2) is 42.5 Å². The summed E-state index contributed by atoms with van der Waals surface area (Å²) < 4.78 is 11.4. The van der Waals surface area contributed by atoms with Crippen LogP contribution in [0.1, 0.15) is 19.4 Å². The molecule has 3 aliphatic rings. The van der Waals surface area contributed by atoms with Crippen molar-refractivity contribution < 1.29 is 19.1 Å². The Morgan fingerprint density at radius 3 is 2.83 bits per heavy atom. The van der Waals surface area contributed by atoms with E-state index in [-0.39, 0.29) is 24.1 Å². The van der Waals surface area contributed by atoms with Crippen molar-refractivity contribution in [2.45, 2.75) is 38.2 Å². The summed E-state index contributed by atoms with van der Waals surface area (Å²) >= 11 is 0. The Labute approximate surface area is 141 Å². The van der Waals surface area contributed by atoms with Gasteiger partial charge in [-0.25, -0.2) is 0 Å². The van der Waals surface area contributed by atoms with Crippen LogP contribution in [-0.2, 0) is 25.6 Å². The van der Waals surface area contributed by atoms with E-state index in [1.54, 1.807) is 4.90 Å². The van der Waals surface area contributed by atoms with Crippen LogP contribution in [0, 0.1) is 11.8 Å². The molecule has 4 rings (SSSR count). The van der Waals surface area contributed by atoms with Crippen LogP contribution in [0.2, 0.25) is 0 Å². The van der Waals surface area contributed by atoms with Gasteiger partial charge in [0.15, 0.2) is 0 Å². The minimum absolute atomic E-state index is 0.0172. The first-order valence-corrected chi connectivity index (χ1v) is 8.40. The van der Waals surface area contributed by atoms with Crippen LogP contribution < -0.4 is 0 Å². The Balaban J connectivity index is 1.58. The first-order chi connectivity index (χ1) is 11.5. The van der Waals surface area contributed by atoms with Crippen molar-refractivity contribution in [3.05, 3.63) is 48.0 Å². The highest BCUT2D eigenvalue weighted by atomic mass is 16.6. The van der Waals surface area contributed by atoms with Crippen LogP contribution in [0.4, 0.5) is 0 Å². The predicted molar refractivity (Wildman–Crippen MR) is 86.8 cm³/mol. The zero-order valence-electron chi connectivity index (χ0n) is 13.8. The fourth-order valence-corrected chi connectivity index (χ4v) is 4.10. The Morgan fingerprint density at radius 2 is 2.12 bits per heavy atom. The van der Waals surface area contributed by atoms with Gasteiger partial charge in [0.1, 0.15) is 11.5 Å². The number of hydrogen-bond acceptors (Lipinski definition) is 4. The molecule has 3 heterocycles. The third-order valence-corrected chi connectivity index (χ3v) is 5.02. The second-order valence-electron chi connectivity index (χ2n) is 7.07. The van der Waals surface area contributed by atoms with Gasteiger partial charge in [0.2, 0.25) is 5.91 Å². The number of hydrogen-bond donors (Lipinski definition) is 0. The zero-order valence-corrected chi connectivity index (χ0v) is 13.8. The minimum Gasteiger partial charge on any atom is -0.463 e. The smallest absolute Gasteiger partial charge is 0.313 e. The minimum atomic E-state index is -0.669. The molecule has 2 saturated heterocycles. The summed E-state index contributed by atoms with van der Waals surface area (Å²) in [6.07, 6.45) is 3.32. The number of rotatable bonds is 4. The van der Waals surface area contributed by atoms with Crippen LogP contribution in [-0.4, -0.2) is 41.1 Å². The Kier molecular flexibility index (Phi) is 3.49. The van der Waals surface area contributed by atoms with Gasteiger partial charge in [-0.3, -0.25) is 9.59 Å². The number of esters is 1. The zero-order chi connectivity index (χ0) is 16.9. The highest BCUT2D eigenvalue weighted by Gasteiger charge is 2.67. The quantitative estimate of drug-likeness (QED) is 0.626. The molecule has 0 radical (unpaired) electrons. The summed E-state index contributed by atoms with van der Waals surface area (Å²) in [5.41, 5.74) is 0.402. The number of likely N-dealkylation sites (tertiary alicyclic amines) is 1. The molecule has 2 fully saturated rings. The van der Waals surface area contributed by atoms with Crippen molar-refractivity contribution in [2.24, 2.45) is 11.8 Å². The van der Waals surface area contributed by atoms with Crippen LogP contribution in [0.25, 0.3) is 0 Å². The monoisotopic (exact) mass is 327 g/mol. The molecule has 1 amide bonds. The number of amides is 1. The molecule has 0 aliphatic carbocycles. The first-order valence-electron chi connectivity index (χ1n) is 8.40. The first kappa shape index (κ1) is 15.4. The van der Waals surface area contributed by atoms with Gasteiger partial charge in [-0.05, 0) is 19.4 Å². The fourth-order valence-electron chi connectivity index (χ4n) is 4.10. The second-order valence-corrected chi connectivity index (χ2v) is 7.07. The lowest BCUT2D eigenvalue weighted by Gasteiger charge is -2.23. The van der Waals surface area contributed by atoms with Gasteiger partial charge >= 0.3 is 5.97 Å². The normalized spacial score (nSPS) is 33.4. The van der Waals surface area contributed by atoms with Gasteiger partial charge in [0.25, 0.3) is 0 Å². The van der Waals surface area contributed by atoms with E-state index in [0.717, 1.165) is 5.56 Å². The third-order valence-electron chi connectivity index (χ3n) is 5.02. The van der Waals surface area contributed by atoms with Gasteiger partial charge in [-0.15, -0.1) is 0 Å². The predicted octanol–water partition coefficient (Wildman–Crippen LogP) is 1.92. The Hall–Kier alpha value is -2.14. The number of carbonyl (C=O) groups excluding carboxylic acids is 2. The molecule has 1 spiro atoms. The highest BCUT2D eigenvalue weighted by molar-refractivity contribution is 5.91. The van der Waals surface area contributed by atoms with Gasteiger partial charge in [0, 0.05) is 6.54 Å². The van der Waals surface area contributed by atoms with Crippen molar-refractivity contribution >= 4 is 11.9 Å². The molecule has 3 aliphatic heterocycles. The molecule has 5 nitrogen and oxygen atoms in total. The molecule has 1 aromatic carbocycles. The van der Waals surface area contributed by atoms with Crippen LogP contribution in [0.3, 0.4) is 0 Å². The van der Waals surface area contributed by atoms with Gasteiger partial charge in [-0.2, -0.15) is 0 Å². The maximum Gasteiger partial charge on any atom is 0.313 e. The van der Waals surface area contributed by atoms with Crippen molar-refractivity contribution in [3.8, 4) is 0 Å². The van der Waals surface area contributed by atoms with Crippen molar-refractivity contribution in [2.75, 3.05) is 6.54 Å². The summed E-state index contributed by atoms with van der Waals surface area (Å²) in [5, 5.41) is 0. The molecule has 0 saturated carbocycles. The molecule has 0 N–H and O–H groups in total. The van der Waals surface area contributed by atoms with Crippen molar-refractivity contribution in [1.29, 1.82) is 0 Å². The summed E-state index contributed by atoms with van der Waals surface area (Å²) in [7, 11) is 0. The van der Waals surface area contributed by atoms with Gasteiger partial charge < -0.3 is 14.4 Å². The standard InChI is InChI=1S/C19H21NO4/c1-12(2)23-18(22)15-14-8-9-19(24-14)11-20(17(21)16(15)19)10-13-6-4-3-5-7-13/h3-9,12,14-16H,10-11H2,1-2H3/t14-,15+,16+,19-/m1/s1. The summed E-state index contributed by atoms with van der Waals surface area (Å²) in [6.45, 7) is 4.65. The number of nitrogens with zero attached hydrogens (tertiary/aromatic N) is 1. The number of benzene rings is 1. The topological polar surface area (TPSA) is 55.8 Å². The van der Waals surface area contributed by atoms with E-state index in [1.165, 1.54) is 0 Å². The van der Waals surface area contributed by atoms with E-state index in [1.807, 2.05) is 56.3 Å². The van der Waals surface area contributed by atoms with E-state index >= 15 is 0 Å². The highest BCUT2D eigenvalue weighted by Crippen LogP contribution is 2.52. The molecule has 2 bridgehead atoms. The van der Waals surface area contributed by atoms with E-state index in [9.17, 15) is 9.59 Å². The summed E-state index contributed by atoms with van der Waals surface area (Å²) in [4.78, 5) is 27.3. The lowest BCUT2D eigenvalue weighted by molar-refractivity contribution is -0.157. The maximum atomic E-state index is 13.0. The molecule has 24 heavy (non-hydrogen) atoms. The van der Waals surface area contributed by atoms with Crippen molar-refractivity contribution in [3.63, 3.8) is 0 Å². The molecule has 4 atom stereocenters. The number of fused-ring (bicyclic) bond motifs is 1. The third kappa shape index (κ3) is 2.26. The Bertz CT molecular complexity index is 699. The van der Waals surface area contributed by atoms with Gasteiger partial charge in [0.05, 0.1) is 24.7 Å². The summed E-state index contributed by atoms with van der Waals surface area (Å²) in [6, 6.07) is 9.86. The average Bonchev–Trinajstić information content (AvgIpc) is 3.16. The van der Waals surface area contributed by atoms with Crippen LogP contribution >= 0.6 is 0 Å². The lowest BCUT2D eigenvalue weighted by Crippen LogP contribution is -2.40. The van der Waals surface area contributed by atoms with E-state index < -0.39 is 17.4 Å². The molecule has 1 aromatic rings. The van der Waals surface area contributed by atoms with Crippen molar-refractivity contribution in [1.82, 2.24) is 4.90 Å². The van der Waals surface area contributed by atoms with E-state index in [4.69, 9.17) is 9.47 Å². The molecule has 126 valence electrons. The summed E-state index contributed by atoms with van der Waals surface area (Å²) in [5.74, 6) is -1.36. The molecule has 0 unspecified atom stereocenters. The molecule has 5 heteroatoms. The van der Waals surface area contributed by atoms with Crippen LogP contribution in [0.5, 0.6) is 0 Å². The largest absolute Gasteiger partial charge is 0.463 e. The fraction of sp³-hybridized carbons (Fsp3) is 0.474. The lowest BCUT2D eigenvalue weighted by atomic mass is 9.77. The number of carbonyl (C=O) groups is 2. The maximum absolute atomic E-state index is 13.0. The Morgan fingerprint density at radius 1 is 1.38 bits per heavy atom.